The summed E-state index contributed by atoms with van der Waals surface area (Å²) in [6.07, 6.45) is 1.28. The van der Waals surface area contributed by atoms with Crippen LogP contribution in [0.25, 0.3) is 0 Å². The van der Waals surface area contributed by atoms with Crippen LogP contribution in [0, 0.1) is 5.92 Å². The average Bonchev–Trinajstić information content (AvgIpc) is 2.37. The van der Waals surface area contributed by atoms with Gasteiger partial charge in [0.2, 0.25) is 5.91 Å². The molecule has 0 aliphatic heterocycles. The molecule has 0 aromatic rings. The lowest BCUT2D eigenvalue weighted by molar-refractivity contribution is -0.149. The molecule has 0 bridgehead atoms. The summed E-state index contributed by atoms with van der Waals surface area (Å²) in [5.41, 5.74) is -0.245. The number of hydrogen-bond acceptors (Lipinski definition) is 4. The molecule has 21 heavy (non-hydrogen) atoms. The van der Waals surface area contributed by atoms with E-state index in [0.29, 0.717) is 19.3 Å². The normalized spacial score (nSPS) is 16.0. The summed E-state index contributed by atoms with van der Waals surface area (Å²) in [5.74, 6) is -0.709. The van der Waals surface area contributed by atoms with Gasteiger partial charge in [-0.15, -0.1) is 0 Å². The van der Waals surface area contributed by atoms with Gasteiger partial charge < -0.3 is 15.2 Å². The molecule has 124 valence electrons. The number of nitrogens with one attached hydrogen (secondary N) is 1. The summed E-state index contributed by atoms with van der Waals surface area (Å²) in [6.45, 7) is 11.0. The van der Waals surface area contributed by atoms with Crippen molar-refractivity contribution in [1.29, 1.82) is 0 Å². The minimum Gasteiger partial charge on any atom is -0.462 e. The van der Waals surface area contributed by atoms with Crippen molar-refractivity contribution in [2.45, 2.75) is 85.0 Å². The maximum absolute atomic E-state index is 12.2. The van der Waals surface area contributed by atoms with Crippen LogP contribution < -0.4 is 5.32 Å². The summed E-state index contributed by atoms with van der Waals surface area (Å²) in [4.78, 5) is 23.3. The van der Waals surface area contributed by atoms with Crippen LogP contribution in [-0.2, 0) is 14.3 Å². The molecule has 0 heterocycles. The number of hydrogen-bond donors (Lipinski definition) is 2. The van der Waals surface area contributed by atoms with Crippen LogP contribution in [0.4, 0.5) is 0 Å². The molecule has 0 aliphatic rings. The summed E-state index contributed by atoms with van der Waals surface area (Å²) in [6, 6.07) is 0. The number of aliphatic hydroxyl groups is 1. The molecule has 5 nitrogen and oxygen atoms in total. The lowest BCUT2D eigenvalue weighted by atomic mass is 9.95. The SMILES string of the molecule is CCC(O)CC(CC(C)C(=O)NC(C)(C)CC)OC(C)=O. The van der Waals surface area contributed by atoms with Gasteiger partial charge in [0.1, 0.15) is 6.10 Å². The molecular formula is C16H31NO4. The number of aliphatic hydroxyl groups excluding tert-OH is 1. The smallest absolute Gasteiger partial charge is 0.302 e. The van der Waals surface area contributed by atoms with E-state index in [9.17, 15) is 14.7 Å². The van der Waals surface area contributed by atoms with Crippen molar-refractivity contribution >= 4 is 11.9 Å². The Morgan fingerprint density at radius 1 is 1.24 bits per heavy atom. The third-order valence-electron chi connectivity index (χ3n) is 3.75. The maximum Gasteiger partial charge on any atom is 0.302 e. The highest BCUT2D eigenvalue weighted by Crippen LogP contribution is 2.17. The van der Waals surface area contributed by atoms with Crippen LogP contribution >= 0.6 is 0 Å². The van der Waals surface area contributed by atoms with Crippen molar-refractivity contribution in [2.75, 3.05) is 0 Å². The molecule has 0 fully saturated rings. The van der Waals surface area contributed by atoms with Gasteiger partial charge in [-0.1, -0.05) is 20.8 Å². The van der Waals surface area contributed by atoms with Crippen LogP contribution in [0.3, 0.4) is 0 Å². The second kappa shape index (κ2) is 9.03. The van der Waals surface area contributed by atoms with E-state index >= 15 is 0 Å². The van der Waals surface area contributed by atoms with E-state index in [1.807, 2.05) is 34.6 Å². The first-order valence-corrected chi connectivity index (χ1v) is 7.78. The molecule has 5 heteroatoms. The van der Waals surface area contributed by atoms with E-state index in [1.54, 1.807) is 0 Å². The van der Waals surface area contributed by atoms with Crippen LogP contribution in [0.5, 0.6) is 0 Å². The van der Waals surface area contributed by atoms with Gasteiger partial charge in [0.05, 0.1) is 6.10 Å². The lowest BCUT2D eigenvalue weighted by Crippen LogP contribution is -2.45. The maximum atomic E-state index is 12.2. The second-order valence-corrected chi connectivity index (χ2v) is 6.39. The summed E-state index contributed by atoms with van der Waals surface area (Å²) < 4.78 is 5.22. The molecule has 0 saturated carbocycles. The zero-order valence-corrected chi connectivity index (χ0v) is 14.2. The monoisotopic (exact) mass is 301 g/mol. The molecule has 3 atom stereocenters. The van der Waals surface area contributed by atoms with E-state index in [1.165, 1.54) is 6.92 Å². The van der Waals surface area contributed by atoms with Gasteiger partial charge in [0.15, 0.2) is 0 Å². The highest BCUT2D eigenvalue weighted by molar-refractivity contribution is 5.79. The zero-order chi connectivity index (χ0) is 16.6. The van der Waals surface area contributed by atoms with Gasteiger partial charge >= 0.3 is 5.97 Å². The minimum atomic E-state index is -0.517. The Labute approximate surface area is 128 Å². The van der Waals surface area contributed by atoms with Crippen LogP contribution in [-0.4, -0.2) is 34.7 Å². The highest BCUT2D eigenvalue weighted by Gasteiger charge is 2.26. The van der Waals surface area contributed by atoms with Crippen molar-refractivity contribution in [1.82, 2.24) is 5.32 Å². The molecule has 0 aliphatic carbocycles. The van der Waals surface area contributed by atoms with Crippen molar-refractivity contribution in [3.63, 3.8) is 0 Å². The fourth-order valence-electron chi connectivity index (χ4n) is 1.94. The molecule has 0 saturated heterocycles. The van der Waals surface area contributed by atoms with Crippen molar-refractivity contribution < 1.29 is 19.4 Å². The first-order chi connectivity index (χ1) is 9.61. The van der Waals surface area contributed by atoms with Gasteiger partial charge in [-0.05, 0) is 33.1 Å². The van der Waals surface area contributed by atoms with E-state index < -0.39 is 12.2 Å². The van der Waals surface area contributed by atoms with E-state index in [0.717, 1.165) is 6.42 Å². The lowest BCUT2D eigenvalue weighted by Gasteiger charge is -2.28. The van der Waals surface area contributed by atoms with Crippen LogP contribution in [0.15, 0.2) is 0 Å². The number of ether oxygens (including phenoxy) is 1. The Morgan fingerprint density at radius 3 is 2.24 bits per heavy atom. The Kier molecular flexibility index (Phi) is 8.55. The Balaban J connectivity index is 4.60. The predicted molar refractivity (Wildman–Crippen MR) is 82.8 cm³/mol. The topological polar surface area (TPSA) is 75.6 Å². The van der Waals surface area contributed by atoms with Gasteiger partial charge in [-0.2, -0.15) is 0 Å². The Morgan fingerprint density at radius 2 is 1.81 bits per heavy atom. The first kappa shape index (κ1) is 19.9. The number of carbonyl (C=O) groups excluding carboxylic acids is 2. The summed E-state index contributed by atoms with van der Waals surface area (Å²) in [7, 11) is 0. The van der Waals surface area contributed by atoms with Crippen LogP contribution in [0.1, 0.15) is 67.2 Å². The van der Waals surface area contributed by atoms with Gasteiger partial charge in [-0.3, -0.25) is 9.59 Å². The van der Waals surface area contributed by atoms with Crippen LogP contribution in [0.2, 0.25) is 0 Å². The highest BCUT2D eigenvalue weighted by atomic mass is 16.5. The number of carbonyl (C=O) groups is 2. The minimum absolute atomic E-state index is 0.0509. The van der Waals surface area contributed by atoms with E-state index in [2.05, 4.69) is 5.32 Å². The average molecular weight is 301 g/mol. The van der Waals surface area contributed by atoms with Gasteiger partial charge in [-0.25, -0.2) is 0 Å². The largest absolute Gasteiger partial charge is 0.462 e. The third-order valence-corrected chi connectivity index (χ3v) is 3.75. The van der Waals surface area contributed by atoms with E-state index in [4.69, 9.17) is 4.74 Å². The number of amides is 1. The Hall–Kier alpha value is -1.10. The number of rotatable bonds is 9. The number of esters is 1. The molecule has 0 rings (SSSR count). The zero-order valence-electron chi connectivity index (χ0n) is 14.2. The Bertz CT molecular complexity index is 341. The summed E-state index contributed by atoms with van der Waals surface area (Å²) in [5, 5.41) is 12.7. The molecule has 3 unspecified atom stereocenters. The van der Waals surface area contributed by atoms with Crippen molar-refractivity contribution in [3.05, 3.63) is 0 Å². The van der Waals surface area contributed by atoms with Gasteiger partial charge in [0.25, 0.3) is 0 Å². The fourth-order valence-corrected chi connectivity index (χ4v) is 1.94. The molecule has 0 radical (unpaired) electrons. The molecule has 2 N–H and O–H groups in total. The quantitative estimate of drug-likeness (QED) is 0.641. The third kappa shape index (κ3) is 8.71. The molecule has 0 aromatic carbocycles. The van der Waals surface area contributed by atoms with E-state index in [-0.39, 0.29) is 23.3 Å². The standard InChI is InChI=1S/C16H31NO4/c1-7-13(19)10-14(21-12(4)18)9-11(3)15(20)17-16(5,6)8-2/h11,13-14,19H,7-10H2,1-6H3,(H,17,20). The second-order valence-electron chi connectivity index (χ2n) is 6.39. The van der Waals surface area contributed by atoms with Gasteiger partial charge in [0, 0.05) is 24.8 Å². The van der Waals surface area contributed by atoms with Crippen molar-refractivity contribution in [2.24, 2.45) is 5.92 Å². The molecule has 0 aromatic heterocycles. The summed E-state index contributed by atoms with van der Waals surface area (Å²) >= 11 is 0. The molecule has 0 spiro atoms. The predicted octanol–water partition coefficient (Wildman–Crippen LogP) is 2.41. The molecular weight excluding hydrogens is 270 g/mol. The van der Waals surface area contributed by atoms with Crippen molar-refractivity contribution in [3.8, 4) is 0 Å². The molecule has 1 amide bonds. The first-order valence-electron chi connectivity index (χ1n) is 7.78. The fraction of sp³-hybridized carbons (Fsp3) is 0.875.